The summed E-state index contributed by atoms with van der Waals surface area (Å²) in [5, 5.41) is 0. The summed E-state index contributed by atoms with van der Waals surface area (Å²) in [5.41, 5.74) is 2.63. The van der Waals surface area contributed by atoms with Crippen LogP contribution in [0.4, 0.5) is 0 Å². The third-order valence-corrected chi connectivity index (χ3v) is 4.38. The molecule has 1 aliphatic rings. The molecule has 2 aromatic rings. The van der Waals surface area contributed by atoms with Crippen LogP contribution < -0.4 is 15.2 Å². The van der Waals surface area contributed by atoms with Crippen LogP contribution in [0.25, 0.3) is 5.69 Å². The molecule has 1 aliphatic carbocycles. The Morgan fingerprint density at radius 3 is 2.59 bits per heavy atom. The van der Waals surface area contributed by atoms with Crippen LogP contribution in [-0.4, -0.2) is 23.8 Å². The number of aromatic nitrogens is 2. The zero-order valence-corrected chi connectivity index (χ0v) is 13.5. The van der Waals surface area contributed by atoms with Crippen molar-refractivity contribution in [2.24, 2.45) is 0 Å². The fourth-order valence-electron chi connectivity index (χ4n) is 2.97. The standard InChI is InChI=1S/C16H18N2O3S/c1-20-13-8-7-10(9-14(13)21-2)18-12-6-4-3-5-11(12)15(22)17-16(18)19/h7-9H,3-6H2,1-2H3,(H,17,19,22). The molecule has 0 unspecified atom stereocenters. The number of aromatic amines is 1. The molecule has 0 radical (unpaired) electrons. The van der Waals surface area contributed by atoms with Crippen molar-refractivity contribution < 1.29 is 9.47 Å². The van der Waals surface area contributed by atoms with Crippen molar-refractivity contribution in [2.45, 2.75) is 25.7 Å². The van der Waals surface area contributed by atoms with E-state index in [-0.39, 0.29) is 5.69 Å². The van der Waals surface area contributed by atoms with Gasteiger partial charge in [-0.1, -0.05) is 12.2 Å². The maximum Gasteiger partial charge on any atom is 0.331 e. The van der Waals surface area contributed by atoms with Crippen molar-refractivity contribution in [1.29, 1.82) is 0 Å². The van der Waals surface area contributed by atoms with Crippen LogP contribution >= 0.6 is 12.2 Å². The van der Waals surface area contributed by atoms with Gasteiger partial charge in [0.1, 0.15) is 4.64 Å². The van der Waals surface area contributed by atoms with Gasteiger partial charge in [-0.15, -0.1) is 0 Å². The van der Waals surface area contributed by atoms with Gasteiger partial charge in [0.25, 0.3) is 0 Å². The molecule has 3 rings (SSSR count). The lowest BCUT2D eigenvalue weighted by Gasteiger charge is -2.21. The topological polar surface area (TPSA) is 56.2 Å². The van der Waals surface area contributed by atoms with Crippen LogP contribution in [0.5, 0.6) is 11.5 Å². The smallest absolute Gasteiger partial charge is 0.331 e. The minimum absolute atomic E-state index is 0.210. The first-order valence-corrected chi connectivity index (χ1v) is 7.66. The van der Waals surface area contributed by atoms with Gasteiger partial charge in [-0.2, -0.15) is 0 Å². The second-order valence-corrected chi connectivity index (χ2v) is 5.67. The minimum Gasteiger partial charge on any atom is -0.493 e. The molecular weight excluding hydrogens is 300 g/mol. The fraction of sp³-hybridized carbons (Fsp3) is 0.375. The molecule has 6 heteroatoms. The molecule has 116 valence electrons. The normalized spacial score (nSPS) is 13.5. The second kappa shape index (κ2) is 5.96. The summed E-state index contributed by atoms with van der Waals surface area (Å²) in [5.74, 6) is 1.23. The molecule has 1 aromatic carbocycles. The van der Waals surface area contributed by atoms with E-state index in [0.717, 1.165) is 42.6 Å². The zero-order chi connectivity index (χ0) is 15.7. The maximum atomic E-state index is 12.4. The van der Waals surface area contributed by atoms with E-state index in [1.165, 1.54) is 0 Å². The molecule has 1 aromatic heterocycles. The fourth-order valence-corrected chi connectivity index (χ4v) is 3.28. The van der Waals surface area contributed by atoms with Gasteiger partial charge >= 0.3 is 5.69 Å². The van der Waals surface area contributed by atoms with Crippen LogP contribution in [0.3, 0.4) is 0 Å². The lowest BCUT2D eigenvalue weighted by molar-refractivity contribution is 0.354. The van der Waals surface area contributed by atoms with Crippen molar-refractivity contribution >= 4 is 12.2 Å². The zero-order valence-electron chi connectivity index (χ0n) is 12.6. The maximum absolute atomic E-state index is 12.4. The highest BCUT2D eigenvalue weighted by molar-refractivity contribution is 7.71. The molecule has 0 amide bonds. The van der Waals surface area contributed by atoms with Gasteiger partial charge in [0.2, 0.25) is 0 Å². The Kier molecular flexibility index (Phi) is 4.02. The first-order chi connectivity index (χ1) is 10.7. The first-order valence-electron chi connectivity index (χ1n) is 7.25. The Hall–Kier alpha value is -2.08. The number of nitrogens with one attached hydrogen (secondary N) is 1. The molecule has 5 nitrogen and oxygen atoms in total. The van der Waals surface area contributed by atoms with E-state index >= 15 is 0 Å². The van der Waals surface area contributed by atoms with Crippen molar-refractivity contribution in [1.82, 2.24) is 9.55 Å². The molecule has 0 saturated carbocycles. The van der Waals surface area contributed by atoms with Crippen molar-refractivity contribution in [3.8, 4) is 17.2 Å². The molecule has 0 saturated heterocycles. The number of fused-ring (bicyclic) bond motifs is 1. The van der Waals surface area contributed by atoms with E-state index in [0.29, 0.717) is 16.1 Å². The molecule has 1 N–H and O–H groups in total. The average Bonchev–Trinajstić information content (AvgIpc) is 2.54. The number of ether oxygens (including phenoxy) is 2. The molecule has 0 atom stereocenters. The Morgan fingerprint density at radius 1 is 1.14 bits per heavy atom. The van der Waals surface area contributed by atoms with Gasteiger partial charge in [-0.3, -0.25) is 9.55 Å². The molecule has 0 spiro atoms. The van der Waals surface area contributed by atoms with Crippen LogP contribution in [-0.2, 0) is 12.8 Å². The van der Waals surface area contributed by atoms with E-state index < -0.39 is 0 Å². The molecule has 0 fully saturated rings. The average molecular weight is 318 g/mol. The summed E-state index contributed by atoms with van der Waals surface area (Å²) < 4.78 is 12.9. The third-order valence-electron chi connectivity index (χ3n) is 4.03. The summed E-state index contributed by atoms with van der Waals surface area (Å²) in [6, 6.07) is 5.47. The molecule has 22 heavy (non-hydrogen) atoms. The highest BCUT2D eigenvalue weighted by Gasteiger charge is 2.18. The van der Waals surface area contributed by atoms with Gasteiger partial charge in [0.05, 0.1) is 19.9 Å². The van der Waals surface area contributed by atoms with E-state index in [1.807, 2.05) is 12.1 Å². The number of H-pyrrole nitrogens is 1. The van der Waals surface area contributed by atoms with Crippen LogP contribution in [0, 0.1) is 4.64 Å². The quantitative estimate of drug-likeness (QED) is 0.884. The predicted octanol–water partition coefficient (Wildman–Crippen LogP) is 2.79. The molecule has 1 heterocycles. The first kappa shape index (κ1) is 14.8. The highest BCUT2D eigenvalue weighted by atomic mass is 32.1. The Labute approximate surface area is 133 Å². The Morgan fingerprint density at radius 2 is 1.86 bits per heavy atom. The van der Waals surface area contributed by atoms with E-state index in [2.05, 4.69) is 4.98 Å². The van der Waals surface area contributed by atoms with Gasteiger partial charge in [-0.05, 0) is 37.8 Å². The lowest BCUT2D eigenvalue weighted by atomic mass is 9.97. The number of hydrogen-bond acceptors (Lipinski definition) is 4. The Bertz CT molecular complexity index is 823. The molecule has 0 aliphatic heterocycles. The van der Waals surface area contributed by atoms with Gasteiger partial charge in [0, 0.05) is 17.3 Å². The van der Waals surface area contributed by atoms with E-state index in [9.17, 15) is 4.79 Å². The SMILES string of the molecule is COc1ccc(-n2c3c(c(=S)[nH]c2=O)CCCC3)cc1OC. The molecule has 0 bridgehead atoms. The van der Waals surface area contributed by atoms with Crippen LogP contribution in [0.1, 0.15) is 24.1 Å². The number of nitrogens with zero attached hydrogens (tertiary/aromatic N) is 1. The summed E-state index contributed by atoms with van der Waals surface area (Å²) in [6.07, 6.45) is 3.95. The number of methoxy groups -OCH3 is 2. The minimum atomic E-state index is -0.210. The van der Waals surface area contributed by atoms with Crippen LogP contribution in [0.2, 0.25) is 0 Å². The van der Waals surface area contributed by atoms with Crippen molar-refractivity contribution in [3.63, 3.8) is 0 Å². The number of rotatable bonds is 3. The van der Waals surface area contributed by atoms with Crippen LogP contribution in [0.15, 0.2) is 23.0 Å². The largest absolute Gasteiger partial charge is 0.493 e. The highest BCUT2D eigenvalue weighted by Crippen LogP contribution is 2.30. The van der Waals surface area contributed by atoms with Crippen molar-refractivity contribution in [2.75, 3.05) is 14.2 Å². The van der Waals surface area contributed by atoms with Gasteiger partial charge in [0.15, 0.2) is 11.5 Å². The van der Waals surface area contributed by atoms with Gasteiger partial charge in [-0.25, -0.2) is 4.79 Å². The molecular formula is C16H18N2O3S. The van der Waals surface area contributed by atoms with E-state index in [4.69, 9.17) is 21.7 Å². The van der Waals surface area contributed by atoms with Crippen molar-refractivity contribution in [3.05, 3.63) is 44.6 Å². The number of hydrogen-bond donors (Lipinski definition) is 1. The summed E-state index contributed by atoms with van der Waals surface area (Å²) in [4.78, 5) is 15.2. The predicted molar refractivity (Wildman–Crippen MR) is 87.0 cm³/mol. The summed E-state index contributed by atoms with van der Waals surface area (Å²) in [7, 11) is 3.17. The third kappa shape index (κ3) is 2.43. The Balaban J connectivity index is 2.25. The second-order valence-electron chi connectivity index (χ2n) is 5.27. The lowest BCUT2D eigenvalue weighted by Crippen LogP contribution is -2.28. The summed E-state index contributed by atoms with van der Waals surface area (Å²) in [6.45, 7) is 0. The van der Waals surface area contributed by atoms with E-state index in [1.54, 1.807) is 24.9 Å². The van der Waals surface area contributed by atoms with Gasteiger partial charge < -0.3 is 9.47 Å². The number of benzene rings is 1. The summed E-state index contributed by atoms with van der Waals surface area (Å²) >= 11 is 5.31. The monoisotopic (exact) mass is 318 g/mol.